The third-order valence-corrected chi connectivity index (χ3v) is 4.86. The number of imidazole rings is 1. The van der Waals surface area contributed by atoms with Crippen molar-refractivity contribution < 1.29 is 9.53 Å². The highest BCUT2D eigenvalue weighted by molar-refractivity contribution is 5.79. The van der Waals surface area contributed by atoms with Crippen LogP contribution in [0.4, 0.5) is 4.79 Å². The Kier molecular flexibility index (Phi) is 7.45. The van der Waals surface area contributed by atoms with Crippen LogP contribution in [0.2, 0.25) is 0 Å². The molecule has 0 unspecified atom stereocenters. The highest BCUT2D eigenvalue weighted by atomic mass is 16.5. The summed E-state index contributed by atoms with van der Waals surface area (Å²) in [6.45, 7) is 5.82. The zero-order valence-electron chi connectivity index (χ0n) is 17.2. The SMILES string of the molecule is CCOC(=O)NCCCCCn1c(C)nc(-c2ccccc2)c1-c1ccccc1. The maximum Gasteiger partial charge on any atom is 0.407 e. The summed E-state index contributed by atoms with van der Waals surface area (Å²) in [5, 5.41) is 2.78. The van der Waals surface area contributed by atoms with Gasteiger partial charge in [-0.2, -0.15) is 0 Å². The molecule has 0 aliphatic rings. The van der Waals surface area contributed by atoms with E-state index in [1.807, 2.05) is 12.1 Å². The lowest BCUT2D eigenvalue weighted by molar-refractivity contribution is 0.152. The molecule has 1 amide bonds. The molecule has 0 saturated carbocycles. The molecule has 0 aliphatic heterocycles. The minimum atomic E-state index is -0.336. The van der Waals surface area contributed by atoms with E-state index in [1.54, 1.807) is 6.92 Å². The lowest BCUT2D eigenvalue weighted by atomic mass is 10.0. The van der Waals surface area contributed by atoms with E-state index in [4.69, 9.17) is 9.72 Å². The zero-order valence-corrected chi connectivity index (χ0v) is 17.2. The Morgan fingerprint density at radius 3 is 2.28 bits per heavy atom. The van der Waals surface area contributed by atoms with Crippen LogP contribution in [0, 0.1) is 6.92 Å². The smallest absolute Gasteiger partial charge is 0.407 e. The number of amides is 1. The first-order valence-electron chi connectivity index (χ1n) is 10.3. The van der Waals surface area contributed by atoms with Gasteiger partial charge < -0.3 is 14.6 Å². The lowest BCUT2D eigenvalue weighted by Gasteiger charge is -2.12. The average molecular weight is 392 g/mol. The van der Waals surface area contributed by atoms with Gasteiger partial charge in [-0.05, 0) is 33.1 Å². The Bertz CT molecular complexity index is 905. The topological polar surface area (TPSA) is 56.1 Å². The van der Waals surface area contributed by atoms with Crippen molar-refractivity contribution in [3.05, 3.63) is 66.5 Å². The summed E-state index contributed by atoms with van der Waals surface area (Å²) in [7, 11) is 0. The number of carbonyl (C=O) groups is 1. The van der Waals surface area contributed by atoms with Gasteiger partial charge in [0.15, 0.2) is 0 Å². The largest absolute Gasteiger partial charge is 0.450 e. The number of rotatable bonds is 9. The third kappa shape index (κ3) is 5.47. The molecule has 0 saturated heterocycles. The number of hydrogen-bond donors (Lipinski definition) is 1. The molecule has 1 aromatic heterocycles. The zero-order chi connectivity index (χ0) is 20.5. The summed E-state index contributed by atoms with van der Waals surface area (Å²) in [5.41, 5.74) is 4.50. The molecule has 29 heavy (non-hydrogen) atoms. The summed E-state index contributed by atoms with van der Waals surface area (Å²) in [6.07, 6.45) is 2.64. The Morgan fingerprint density at radius 2 is 1.62 bits per heavy atom. The summed E-state index contributed by atoms with van der Waals surface area (Å²) < 4.78 is 7.20. The van der Waals surface area contributed by atoms with Crippen molar-refractivity contribution in [2.24, 2.45) is 0 Å². The minimum Gasteiger partial charge on any atom is -0.450 e. The molecule has 152 valence electrons. The van der Waals surface area contributed by atoms with Gasteiger partial charge in [0.2, 0.25) is 0 Å². The van der Waals surface area contributed by atoms with Gasteiger partial charge in [0.1, 0.15) is 5.82 Å². The highest BCUT2D eigenvalue weighted by Gasteiger charge is 2.17. The molecule has 3 aromatic rings. The first kappa shape index (κ1) is 20.6. The molecule has 5 nitrogen and oxygen atoms in total. The Hall–Kier alpha value is -3.08. The maximum atomic E-state index is 11.3. The number of aromatic nitrogens is 2. The molecule has 0 aliphatic carbocycles. The Balaban J connectivity index is 1.72. The Labute approximate surface area is 172 Å². The average Bonchev–Trinajstić information content (AvgIpc) is 3.08. The molecule has 1 heterocycles. The van der Waals surface area contributed by atoms with Crippen LogP contribution in [0.25, 0.3) is 22.5 Å². The van der Waals surface area contributed by atoms with Crippen LogP contribution in [0.15, 0.2) is 60.7 Å². The van der Waals surface area contributed by atoms with E-state index < -0.39 is 0 Å². The van der Waals surface area contributed by atoms with E-state index in [2.05, 4.69) is 65.3 Å². The number of benzene rings is 2. The second kappa shape index (κ2) is 10.5. The predicted octanol–water partition coefficient (Wildman–Crippen LogP) is 5.44. The molecule has 0 spiro atoms. The van der Waals surface area contributed by atoms with Crippen molar-refractivity contribution in [1.29, 1.82) is 0 Å². The minimum absolute atomic E-state index is 0.336. The number of nitrogens with one attached hydrogen (secondary N) is 1. The summed E-state index contributed by atoms with van der Waals surface area (Å²) >= 11 is 0. The molecule has 0 atom stereocenters. The fourth-order valence-electron chi connectivity index (χ4n) is 3.47. The number of carbonyl (C=O) groups excluding carboxylic acids is 1. The summed E-state index contributed by atoms with van der Waals surface area (Å²) in [5.74, 6) is 1.02. The van der Waals surface area contributed by atoms with Crippen molar-refractivity contribution in [3.8, 4) is 22.5 Å². The van der Waals surface area contributed by atoms with Crippen molar-refractivity contribution >= 4 is 6.09 Å². The van der Waals surface area contributed by atoms with Crippen molar-refractivity contribution in [2.75, 3.05) is 13.2 Å². The van der Waals surface area contributed by atoms with E-state index in [9.17, 15) is 4.79 Å². The summed E-state index contributed by atoms with van der Waals surface area (Å²) in [4.78, 5) is 16.2. The van der Waals surface area contributed by atoms with Crippen molar-refractivity contribution in [2.45, 2.75) is 39.7 Å². The number of unbranched alkanes of at least 4 members (excludes halogenated alkanes) is 2. The Morgan fingerprint density at radius 1 is 0.966 bits per heavy atom. The molecule has 0 fully saturated rings. The van der Waals surface area contributed by atoms with Crippen LogP contribution in [0.3, 0.4) is 0 Å². The van der Waals surface area contributed by atoms with Crippen molar-refractivity contribution in [3.63, 3.8) is 0 Å². The number of hydrogen-bond acceptors (Lipinski definition) is 3. The number of alkyl carbamates (subject to hydrolysis) is 1. The van der Waals surface area contributed by atoms with Gasteiger partial charge in [-0.3, -0.25) is 0 Å². The third-order valence-electron chi connectivity index (χ3n) is 4.86. The predicted molar refractivity (Wildman–Crippen MR) is 117 cm³/mol. The molecule has 0 radical (unpaired) electrons. The second-order valence-electron chi connectivity index (χ2n) is 6.95. The highest BCUT2D eigenvalue weighted by Crippen LogP contribution is 2.33. The maximum absolute atomic E-state index is 11.3. The van der Waals surface area contributed by atoms with Gasteiger partial charge >= 0.3 is 6.09 Å². The summed E-state index contributed by atoms with van der Waals surface area (Å²) in [6, 6.07) is 20.8. The first-order valence-corrected chi connectivity index (χ1v) is 10.3. The molecular formula is C24H29N3O2. The molecule has 3 rings (SSSR count). The van der Waals surface area contributed by atoms with Crippen LogP contribution in [0.1, 0.15) is 32.0 Å². The van der Waals surface area contributed by atoms with Crippen LogP contribution >= 0.6 is 0 Å². The van der Waals surface area contributed by atoms with E-state index in [-0.39, 0.29) is 6.09 Å². The first-order chi connectivity index (χ1) is 14.2. The number of aryl methyl sites for hydroxylation is 1. The van der Waals surface area contributed by atoms with E-state index in [0.29, 0.717) is 13.2 Å². The molecule has 0 bridgehead atoms. The van der Waals surface area contributed by atoms with Crippen molar-refractivity contribution in [1.82, 2.24) is 14.9 Å². The molecule has 1 N–H and O–H groups in total. The monoisotopic (exact) mass is 391 g/mol. The number of ether oxygens (including phenoxy) is 1. The molecule has 5 heteroatoms. The van der Waals surface area contributed by atoms with Gasteiger partial charge in [0.05, 0.1) is 18.0 Å². The van der Waals surface area contributed by atoms with E-state index in [0.717, 1.165) is 42.9 Å². The van der Waals surface area contributed by atoms with E-state index >= 15 is 0 Å². The fourth-order valence-corrected chi connectivity index (χ4v) is 3.47. The van der Waals surface area contributed by atoms with Gasteiger partial charge in [0.25, 0.3) is 0 Å². The van der Waals surface area contributed by atoms with Crippen LogP contribution in [0.5, 0.6) is 0 Å². The standard InChI is InChI=1S/C24H29N3O2/c1-3-29-24(28)25-17-11-6-12-18-27-19(2)26-22(20-13-7-4-8-14-20)23(27)21-15-9-5-10-16-21/h4-5,7-10,13-16H,3,6,11-12,17-18H2,1-2H3,(H,25,28). The van der Waals surface area contributed by atoms with Gasteiger partial charge in [-0.15, -0.1) is 0 Å². The van der Waals surface area contributed by atoms with Gasteiger partial charge in [-0.25, -0.2) is 9.78 Å². The molecular weight excluding hydrogens is 362 g/mol. The second-order valence-corrected chi connectivity index (χ2v) is 6.95. The van der Waals surface area contributed by atoms with Crippen LogP contribution in [-0.4, -0.2) is 28.8 Å². The van der Waals surface area contributed by atoms with Gasteiger partial charge in [0, 0.05) is 24.2 Å². The molecule has 2 aromatic carbocycles. The van der Waals surface area contributed by atoms with Crippen LogP contribution < -0.4 is 5.32 Å². The van der Waals surface area contributed by atoms with E-state index in [1.165, 1.54) is 11.3 Å². The van der Waals surface area contributed by atoms with Crippen LogP contribution in [-0.2, 0) is 11.3 Å². The quantitative estimate of drug-likeness (QED) is 0.494. The lowest BCUT2D eigenvalue weighted by Crippen LogP contribution is -2.25. The van der Waals surface area contributed by atoms with Gasteiger partial charge in [-0.1, -0.05) is 60.7 Å². The normalized spacial score (nSPS) is 10.7. The fraction of sp³-hybridized carbons (Fsp3) is 0.333. The number of nitrogens with zero attached hydrogens (tertiary/aromatic N) is 2.